The molecule has 0 aromatic heterocycles. The van der Waals surface area contributed by atoms with Gasteiger partial charge in [-0.1, -0.05) is 26.0 Å². The highest BCUT2D eigenvalue weighted by atomic mass is 16.5. The van der Waals surface area contributed by atoms with Gasteiger partial charge in [-0.05, 0) is 68.4 Å². The smallest absolute Gasteiger partial charge is 0.238 e. The molecule has 0 aliphatic heterocycles. The van der Waals surface area contributed by atoms with Gasteiger partial charge < -0.3 is 15.4 Å². The SMILES string of the molecule is CCOc1ccc(CC(=O)Nc2ccc(NC(=O)CN(CC)CC)c(C)c2)cc1. The summed E-state index contributed by atoms with van der Waals surface area (Å²) in [4.78, 5) is 26.6. The zero-order valence-corrected chi connectivity index (χ0v) is 17.7. The Balaban J connectivity index is 1.92. The molecule has 2 amide bonds. The summed E-state index contributed by atoms with van der Waals surface area (Å²) < 4.78 is 5.41. The predicted octanol–water partition coefficient (Wildman–Crippen LogP) is 3.86. The maximum absolute atomic E-state index is 12.3. The van der Waals surface area contributed by atoms with Crippen LogP contribution in [0.15, 0.2) is 42.5 Å². The molecule has 0 saturated heterocycles. The summed E-state index contributed by atoms with van der Waals surface area (Å²) in [5.74, 6) is 0.668. The van der Waals surface area contributed by atoms with E-state index in [9.17, 15) is 9.59 Å². The fourth-order valence-electron chi connectivity index (χ4n) is 2.98. The monoisotopic (exact) mass is 397 g/mol. The fourth-order valence-corrected chi connectivity index (χ4v) is 2.98. The number of carbonyl (C=O) groups is 2. The highest BCUT2D eigenvalue weighted by Gasteiger charge is 2.10. The van der Waals surface area contributed by atoms with Gasteiger partial charge in [0, 0.05) is 11.4 Å². The van der Waals surface area contributed by atoms with Gasteiger partial charge in [0.25, 0.3) is 0 Å². The van der Waals surface area contributed by atoms with Crippen molar-refractivity contribution in [2.75, 3.05) is 36.9 Å². The minimum atomic E-state index is -0.0909. The number of aryl methyl sites for hydroxylation is 1. The van der Waals surface area contributed by atoms with Crippen LogP contribution in [0.2, 0.25) is 0 Å². The first-order chi connectivity index (χ1) is 13.9. The largest absolute Gasteiger partial charge is 0.494 e. The van der Waals surface area contributed by atoms with E-state index in [0.29, 0.717) is 18.8 Å². The summed E-state index contributed by atoms with van der Waals surface area (Å²) in [6, 6.07) is 13.0. The van der Waals surface area contributed by atoms with Crippen LogP contribution in [0, 0.1) is 6.92 Å². The summed E-state index contributed by atoms with van der Waals surface area (Å²) in [6.45, 7) is 10.6. The van der Waals surface area contributed by atoms with Crippen molar-refractivity contribution >= 4 is 23.2 Å². The lowest BCUT2D eigenvalue weighted by Gasteiger charge is -2.18. The van der Waals surface area contributed by atoms with Crippen molar-refractivity contribution in [2.24, 2.45) is 0 Å². The van der Waals surface area contributed by atoms with E-state index in [4.69, 9.17) is 4.74 Å². The Bertz CT molecular complexity index is 815. The molecule has 2 N–H and O–H groups in total. The van der Waals surface area contributed by atoms with E-state index in [-0.39, 0.29) is 18.2 Å². The van der Waals surface area contributed by atoms with Crippen molar-refractivity contribution in [3.63, 3.8) is 0 Å². The van der Waals surface area contributed by atoms with Crippen LogP contribution < -0.4 is 15.4 Å². The lowest BCUT2D eigenvalue weighted by Crippen LogP contribution is -2.33. The third kappa shape index (κ3) is 7.23. The van der Waals surface area contributed by atoms with Crippen LogP contribution in [0.5, 0.6) is 5.75 Å². The van der Waals surface area contributed by atoms with Gasteiger partial charge in [-0.15, -0.1) is 0 Å². The van der Waals surface area contributed by atoms with Crippen molar-refractivity contribution in [3.8, 4) is 5.75 Å². The lowest BCUT2D eigenvalue weighted by molar-refractivity contribution is -0.117. The molecule has 0 heterocycles. The lowest BCUT2D eigenvalue weighted by atomic mass is 10.1. The number of nitrogens with one attached hydrogen (secondary N) is 2. The molecular formula is C23H31N3O3. The summed E-state index contributed by atoms with van der Waals surface area (Å²) in [6.07, 6.45) is 0.286. The van der Waals surface area contributed by atoms with Gasteiger partial charge in [-0.3, -0.25) is 14.5 Å². The standard InChI is InChI=1S/C23H31N3O3/c1-5-26(6-2)16-23(28)25-21-13-10-19(14-17(21)4)24-22(27)15-18-8-11-20(12-9-18)29-7-3/h8-14H,5-7,15-16H2,1-4H3,(H,24,27)(H,25,28). The Morgan fingerprint density at radius 1 is 0.931 bits per heavy atom. The number of carbonyl (C=O) groups excluding carboxylic acids is 2. The molecule has 0 fully saturated rings. The first-order valence-electron chi connectivity index (χ1n) is 10.1. The van der Waals surface area contributed by atoms with Crippen molar-refractivity contribution in [1.29, 1.82) is 0 Å². The van der Waals surface area contributed by atoms with Gasteiger partial charge in [0.05, 0.1) is 19.6 Å². The quantitative estimate of drug-likeness (QED) is 0.639. The molecule has 0 aliphatic carbocycles. The van der Waals surface area contributed by atoms with E-state index < -0.39 is 0 Å². The average molecular weight is 398 g/mol. The maximum Gasteiger partial charge on any atom is 0.238 e. The minimum absolute atomic E-state index is 0.0379. The van der Waals surface area contributed by atoms with Crippen molar-refractivity contribution < 1.29 is 14.3 Å². The molecule has 29 heavy (non-hydrogen) atoms. The Morgan fingerprint density at radius 3 is 2.21 bits per heavy atom. The number of hydrogen-bond acceptors (Lipinski definition) is 4. The molecule has 2 aromatic carbocycles. The number of amides is 2. The van der Waals surface area contributed by atoms with E-state index in [1.165, 1.54) is 0 Å². The normalized spacial score (nSPS) is 10.7. The van der Waals surface area contributed by atoms with Gasteiger partial charge >= 0.3 is 0 Å². The van der Waals surface area contributed by atoms with E-state index in [1.54, 1.807) is 6.07 Å². The summed E-state index contributed by atoms with van der Waals surface area (Å²) >= 11 is 0. The first-order valence-corrected chi connectivity index (χ1v) is 10.1. The molecule has 0 unspecified atom stereocenters. The molecule has 0 saturated carbocycles. The molecule has 6 nitrogen and oxygen atoms in total. The van der Waals surface area contributed by atoms with E-state index >= 15 is 0 Å². The van der Waals surface area contributed by atoms with Gasteiger partial charge in [-0.2, -0.15) is 0 Å². The van der Waals surface area contributed by atoms with Crippen LogP contribution in [0.4, 0.5) is 11.4 Å². The summed E-state index contributed by atoms with van der Waals surface area (Å²) in [5, 5.41) is 5.85. The Hall–Kier alpha value is -2.86. The second kappa shape index (κ2) is 11.2. The number of hydrogen-bond donors (Lipinski definition) is 2. The minimum Gasteiger partial charge on any atom is -0.494 e. The number of benzene rings is 2. The zero-order valence-electron chi connectivity index (χ0n) is 17.7. The second-order valence-corrected chi connectivity index (χ2v) is 6.84. The number of likely N-dealkylation sites (N-methyl/N-ethyl adjacent to an activating group) is 1. The third-order valence-corrected chi connectivity index (χ3v) is 4.64. The van der Waals surface area contributed by atoms with E-state index in [0.717, 1.165) is 35.7 Å². The Labute approximate surface area is 173 Å². The number of rotatable bonds is 10. The highest BCUT2D eigenvalue weighted by molar-refractivity contribution is 5.95. The summed E-state index contributed by atoms with van der Waals surface area (Å²) in [5.41, 5.74) is 3.28. The van der Waals surface area contributed by atoms with Crippen molar-refractivity contribution in [2.45, 2.75) is 34.1 Å². The Kier molecular flexibility index (Phi) is 8.68. The summed E-state index contributed by atoms with van der Waals surface area (Å²) in [7, 11) is 0. The van der Waals surface area contributed by atoms with Gasteiger partial charge in [0.15, 0.2) is 0 Å². The Morgan fingerprint density at radius 2 is 1.62 bits per heavy atom. The van der Waals surface area contributed by atoms with Gasteiger partial charge in [0.1, 0.15) is 5.75 Å². The zero-order chi connectivity index (χ0) is 21.2. The molecular weight excluding hydrogens is 366 g/mol. The van der Waals surface area contributed by atoms with Gasteiger partial charge in [-0.25, -0.2) is 0 Å². The molecule has 0 radical (unpaired) electrons. The third-order valence-electron chi connectivity index (χ3n) is 4.64. The van der Waals surface area contributed by atoms with E-state index in [2.05, 4.69) is 15.5 Å². The molecule has 0 bridgehead atoms. The van der Waals surface area contributed by atoms with Crippen LogP contribution >= 0.6 is 0 Å². The highest BCUT2D eigenvalue weighted by Crippen LogP contribution is 2.20. The van der Waals surface area contributed by atoms with Crippen molar-refractivity contribution in [3.05, 3.63) is 53.6 Å². The van der Waals surface area contributed by atoms with Crippen LogP contribution in [-0.4, -0.2) is 43.0 Å². The van der Waals surface area contributed by atoms with Crippen LogP contribution in [0.3, 0.4) is 0 Å². The van der Waals surface area contributed by atoms with Crippen LogP contribution in [0.1, 0.15) is 31.9 Å². The van der Waals surface area contributed by atoms with Crippen molar-refractivity contribution in [1.82, 2.24) is 4.90 Å². The average Bonchev–Trinajstić information content (AvgIpc) is 2.70. The predicted molar refractivity (Wildman–Crippen MR) is 118 cm³/mol. The van der Waals surface area contributed by atoms with Crippen LogP contribution in [0.25, 0.3) is 0 Å². The molecule has 156 valence electrons. The number of nitrogens with zero attached hydrogens (tertiary/aromatic N) is 1. The molecule has 2 rings (SSSR count). The van der Waals surface area contributed by atoms with Crippen LogP contribution in [-0.2, 0) is 16.0 Å². The molecule has 6 heteroatoms. The molecule has 0 aliphatic rings. The number of anilines is 2. The molecule has 0 spiro atoms. The fraction of sp³-hybridized carbons (Fsp3) is 0.391. The topological polar surface area (TPSA) is 70.7 Å². The molecule has 2 aromatic rings. The second-order valence-electron chi connectivity index (χ2n) is 6.84. The maximum atomic E-state index is 12.3. The van der Waals surface area contributed by atoms with E-state index in [1.807, 2.05) is 64.1 Å². The first kappa shape index (κ1) is 22.4. The van der Waals surface area contributed by atoms with Gasteiger partial charge in [0.2, 0.25) is 11.8 Å². The number of ether oxygens (including phenoxy) is 1. The molecule has 0 atom stereocenters.